The Morgan fingerprint density at radius 1 is 0.974 bits per heavy atom. The summed E-state index contributed by atoms with van der Waals surface area (Å²) >= 11 is 0. The molecule has 2 aromatic carbocycles. The van der Waals surface area contributed by atoms with Gasteiger partial charge in [-0.15, -0.1) is 0 Å². The second-order valence-electron chi connectivity index (χ2n) is 8.97. The van der Waals surface area contributed by atoms with Gasteiger partial charge in [0.15, 0.2) is 0 Å². The topological polar surface area (TPSA) is 96.2 Å². The van der Waals surface area contributed by atoms with E-state index in [2.05, 4.69) is 11.4 Å². The third-order valence-electron chi connectivity index (χ3n) is 6.66. The molecule has 0 radical (unpaired) electrons. The van der Waals surface area contributed by atoms with Crippen LogP contribution in [0.1, 0.15) is 53.1 Å². The Morgan fingerprint density at radius 2 is 1.72 bits per heavy atom. The Balaban J connectivity index is 1.65. The van der Waals surface area contributed by atoms with E-state index in [9.17, 15) is 9.59 Å². The molecule has 0 spiro atoms. The van der Waals surface area contributed by atoms with Gasteiger partial charge in [0, 0.05) is 0 Å². The SMILES string of the molecule is CCOC(=O)c1c(OC)cc(C/C=C2/C(C)=C(CC(=O)NCc3ccco3)c3cc(OC)ccc32)cc1OC. The van der Waals surface area contributed by atoms with Gasteiger partial charge in [0.1, 0.15) is 28.6 Å². The summed E-state index contributed by atoms with van der Waals surface area (Å²) in [5.74, 6) is 1.60. The van der Waals surface area contributed by atoms with Crippen LogP contribution in [0.15, 0.2) is 64.8 Å². The molecule has 39 heavy (non-hydrogen) atoms. The summed E-state index contributed by atoms with van der Waals surface area (Å²) in [4.78, 5) is 25.4. The predicted octanol–water partition coefficient (Wildman–Crippen LogP) is 5.60. The van der Waals surface area contributed by atoms with Crippen molar-refractivity contribution >= 4 is 23.0 Å². The molecule has 204 valence electrons. The Hall–Kier alpha value is -4.46. The van der Waals surface area contributed by atoms with Crippen LogP contribution >= 0.6 is 0 Å². The molecule has 4 rings (SSSR count). The molecule has 0 fully saturated rings. The average Bonchev–Trinajstić information content (AvgIpc) is 3.56. The van der Waals surface area contributed by atoms with Crippen LogP contribution in [0, 0.1) is 0 Å². The molecule has 1 heterocycles. The van der Waals surface area contributed by atoms with E-state index in [-0.39, 0.29) is 24.5 Å². The number of methoxy groups -OCH3 is 3. The van der Waals surface area contributed by atoms with Crippen LogP contribution in [0.25, 0.3) is 11.1 Å². The van der Waals surface area contributed by atoms with E-state index < -0.39 is 5.97 Å². The highest BCUT2D eigenvalue weighted by Gasteiger charge is 2.26. The number of ether oxygens (including phenoxy) is 4. The zero-order valence-electron chi connectivity index (χ0n) is 22.9. The van der Waals surface area contributed by atoms with Crippen LogP contribution in [0.4, 0.5) is 0 Å². The Bertz CT molecular complexity index is 1390. The molecular formula is C31H33NO7. The summed E-state index contributed by atoms with van der Waals surface area (Å²) in [5.41, 5.74) is 6.16. The minimum Gasteiger partial charge on any atom is -0.497 e. The van der Waals surface area contributed by atoms with E-state index >= 15 is 0 Å². The molecule has 0 aliphatic heterocycles. The molecule has 0 atom stereocenters. The van der Waals surface area contributed by atoms with Gasteiger partial charge in [0.2, 0.25) is 5.91 Å². The van der Waals surface area contributed by atoms with Gasteiger partial charge in [0.25, 0.3) is 0 Å². The number of fused-ring (bicyclic) bond motifs is 1. The lowest BCUT2D eigenvalue weighted by atomic mass is 9.99. The van der Waals surface area contributed by atoms with Crippen molar-refractivity contribution in [3.05, 3.63) is 88.4 Å². The number of amides is 1. The summed E-state index contributed by atoms with van der Waals surface area (Å²) in [6, 6.07) is 13.2. The van der Waals surface area contributed by atoms with Crippen molar-refractivity contribution in [2.24, 2.45) is 0 Å². The van der Waals surface area contributed by atoms with Gasteiger partial charge in [-0.25, -0.2) is 4.79 Å². The molecular weight excluding hydrogens is 498 g/mol. The first-order valence-corrected chi connectivity index (χ1v) is 12.7. The van der Waals surface area contributed by atoms with Crippen molar-refractivity contribution in [1.29, 1.82) is 0 Å². The molecule has 1 aromatic heterocycles. The molecule has 3 aromatic rings. The lowest BCUT2D eigenvalue weighted by molar-refractivity contribution is -0.120. The smallest absolute Gasteiger partial charge is 0.345 e. The molecule has 1 aliphatic carbocycles. The Kier molecular flexibility index (Phi) is 8.76. The van der Waals surface area contributed by atoms with Crippen molar-refractivity contribution in [3.8, 4) is 17.2 Å². The van der Waals surface area contributed by atoms with Gasteiger partial charge in [-0.3, -0.25) is 4.79 Å². The fraction of sp³-hybridized carbons (Fsp3) is 0.290. The number of furan rings is 1. The number of esters is 1. The van der Waals surface area contributed by atoms with Crippen LogP contribution in [-0.4, -0.2) is 39.8 Å². The van der Waals surface area contributed by atoms with E-state index in [1.807, 2.05) is 43.3 Å². The van der Waals surface area contributed by atoms with E-state index in [1.54, 1.807) is 26.4 Å². The predicted molar refractivity (Wildman–Crippen MR) is 148 cm³/mol. The minimum atomic E-state index is -0.497. The summed E-state index contributed by atoms with van der Waals surface area (Å²) in [6.07, 6.45) is 4.47. The molecule has 1 aliphatic rings. The van der Waals surface area contributed by atoms with Gasteiger partial charge in [-0.2, -0.15) is 0 Å². The van der Waals surface area contributed by atoms with Crippen molar-refractivity contribution in [3.63, 3.8) is 0 Å². The summed E-state index contributed by atoms with van der Waals surface area (Å²) in [6.45, 7) is 4.35. The zero-order valence-corrected chi connectivity index (χ0v) is 22.9. The standard InChI is InChI=1S/C31H33NO7/c1-6-38-31(34)30-27(36-4)14-20(15-28(30)37-5)9-11-23-19(2)25(26-16-21(35-3)10-12-24(23)26)17-29(33)32-18-22-8-7-13-39-22/h7-8,10-16H,6,9,17-18H2,1-5H3,(H,32,33)/b23-11-. The van der Waals surface area contributed by atoms with Gasteiger partial charge < -0.3 is 28.7 Å². The van der Waals surface area contributed by atoms with Crippen molar-refractivity contribution < 1.29 is 33.0 Å². The zero-order chi connectivity index (χ0) is 27.9. The van der Waals surface area contributed by atoms with Crippen LogP contribution in [0.2, 0.25) is 0 Å². The molecule has 0 saturated heterocycles. The highest BCUT2D eigenvalue weighted by Crippen LogP contribution is 2.44. The highest BCUT2D eigenvalue weighted by atomic mass is 16.5. The Morgan fingerprint density at radius 3 is 2.33 bits per heavy atom. The number of allylic oxidation sites excluding steroid dienone is 3. The number of carbonyl (C=O) groups is 2. The normalized spacial score (nSPS) is 13.3. The van der Waals surface area contributed by atoms with Gasteiger partial charge in [-0.05, 0) is 90.1 Å². The first-order chi connectivity index (χ1) is 18.9. The summed E-state index contributed by atoms with van der Waals surface area (Å²) in [7, 11) is 4.65. The lowest BCUT2D eigenvalue weighted by Gasteiger charge is -2.14. The van der Waals surface area contributed by atoms with Crippen molar-refractivity contribution in [2.75, 3.05) is 27.9 Å². The monoisotopic (exact) mass is 531 g/mol. The van der Waals surface area contributed by atoms with Gasteiger partial charge in [-0.1, -0.05) is 12.1 Å². The number of nitrogens with one attached hydrogen (secondary N) is 1. The average molecular weight is 532 g/mol. The Labute approximate surface area is 228 Å². The number of benzene rings is 2. The van der Waals surface area contributed by atoms with Crippen LogP contribution in [0.3, 0.4) is 0 Å². The lowest BCUT2D eigenvalue weighted by Crippen LogP contribution is -2.22. The van der Waals surface area contributed by atoms with Crippen molar-refractivity contribution in [2.45, 2.75) is 33.2 Å². The largest absolute Gasteiger partial charge is 0.497 e. The van der Waals surface area contributed by atoms with E-state index in [0.717, 1.165) is 39.2 Å². The number of carbonyl (C=O) groups excluding carboxylic acids is 2. The van der Waals surface area contributed by atoms with Crippen LogP contribution in [0.5, 0.6) is 17.2 Å². The maximum atomic E-state index is 12.9. The van der Waals surface area contributed by atoms with Gasteiger partial charge in [0.05, 0.1) is 47.2 Å². The summed E-state index contributed by atoms with van der Waals surface area (Å²) < 4.78 is 27.0. The van der Waals surface area contributed by atoms with E-state index in [0.29, 0.717) is 30.2 Å². The third-order valence-corrected chi connectivity index (χ3v) is 6.66. The second-order valence-corrected chi connectivity index (χ2v) is 8.97. The maximum Gasteiger partial charge on any atom is 0.345 e. The molecule has 8 nitrogen and oxygen atoms in total. The fourth-order valence-electron chi connectivity index (χ4n) is 4.72. The molecule has 1 amide bonds. The van der Waals surface area contributed by atoms with E-state index in [1.165, 1.54) is 14.2 Å². The highest BCUT2D eigenvalue weighted by molar-refractivity contribution is 6.04. The van der Waals surface area contributed by atoms with Crippen LogP contribution < -0.4 is 19.5 Å². The quantitative estimate of drug-likeness (QED) is 0.322. The molecule has 0 unspecified atom stereocenters. The third kappa shape index (κ3) is 6.00. The molecule has 0 saturated carbocycles. The van der Waals surface area contributed by atoms with E-state index in [4.69, 9.17) is 23.4 Å². The maximum absolute atomic E-state index is 12.9. The number of hydrogen-bond acceptors (Lipinski definition) is 7. The number of rotatable bonds is 11. The second kappa shape index (κ2) is 12.4. The molecule has 0 bridgehead atoms. The molecule has 1 N–H and O–H groups in total. The molecule has 8 heteroatoms. The first kappa shape index (κ1) is 27.6. The minimum absolute atomic E-state index is 0.0974. The van der Waals surface area contributed by atoms with Crippen LogP contribution in [-0.2, 0) is 22.5 Å². The van der Waals surface area contributed by atoms with Gasteiger partial charge >= 0.3 is 5.97 Å². The summed E-state index contributed by atoms with van der Waals surface area (Å²) in [5, 5.41) is 2.93. The number of hydrogen-bond donors (Lipinski definition) is 1. The fourth-order valence-corrected chi connectivity index (χ4v) is 4.72. The first-order valence-electron chi connectivity index (χ1n) is 12.7. The van der Waals surface area contributed by atoms with Crippen molar-refractivity contribution in [1.82, 2.24) is 5.32 Å².